The minimum Gasteiger partial charge on any atom is -0.322 e. The van der Waals surface area contributed by atoms with Crippen LogP contribution in [0.15, 0.2) is 18.2 Å². The topological polar surface area (TPSA) is 72.2 Å². The molecule has 0 spiro atoms. The van der Waals surface area contributed by atoms with Crippen molar-refractivity contribution in [2.45, 2.75) is 41.5 Å². The molecule has 0 atom stereocenters. The van der Waals surface area contributed by atoms with E-state index in [1.165, 1.54) is 0 Å². The maximum Gasteiger partial charge on any atom is 0.418 e. The molecular formula is C14H4F14N2O3. The van der Waals surface area contributed by atoms with Crippen molar-refractivity contribution >= 4 is 17.3 Å². The molecule has 1 saturated carbocycles. The predicted molar refractivity (Wildman–Crippen MR) is 75.3 cm³/mol. The minimum absolute atomic E-state index is 0.0598. The van der Waals surface area contributed by atoms with E-state index in [0.717, 1.165) is 0 Å². The molecule has 1 aromatic rings. The van der Waals surface area contributed by atoms with Crippen molar-refractivity contribution in [1.82, 2.24) is 0 Å². The number of amides is 1. The number of carbonyl (C=O) groups excluding carboxylic acids is 1. The van der Waals surface area contributed by atoms with Crippen molar-refractivity contribution in [1.29, 1.82) is 0 Å². The monoisotopic (exact) mass is 514 g/mol. The smallest absolute Gasteiger partial charge is 0.322 e. The molecule has 1 aromatic carbocycles. The highest BCUT2D eigenvalue weighted by atomic mass is 19.4. The lowest BCUT2D eigenvalue weighted by Crippen LogP contribution is -2.86. The van der Waals surface area contributed by atoms with Crippen LogP contribution in [0, 0.1) is 10.1 Å². The largest absolute Gasteiger partial charge is 0.418 e. The highest BCUT2D eigenvalue weighted by Crippen LogP contribution is 2.69. The summed E-state index contributed by atoms with van der Waals surface area (Å²) < 4.78 is 189. The van der Waals surface area contributed by atoms with E-state index in [-0.39, 0.29) is 17.4 Å². The molecule has 0 aromatic heterocycles. The first-order chi connectivity index (χ1) is 14.4. The first-order valence-corrected chi connectivity index (χ1v) is 7.68. The predicted octanol–water partition coefficient (Wildman–Crippen LogP) is 5.45. The number of hydrogen-bond donors (Lipinski definition) is 1. The van der Waals surface area contributed by atoms with E-state index in [1.807, 2.05) is 0 Å². The van der Waals surface area contributed by atoms with Gasteiger partial charge in [0.25, 0.3) is 11.6 Å². The molecule has 5 nitrogen and oxygen atoms in total. The molecule has 33 heavy (non-hydrogen) atoms. The lowest BCUT2D eigenvalue weighted by atomic mass is 9.71. The summed E-state index contributed by atoms with van der Waals surface area (Å²) in [6.07, 6.45) is -5.78. The van der Waals surface area contributed by atoms with Gasteiger partial charge in [-0.25, -0.2) is 4.39 Å². The first kappa shape index (κ1) is 26.4. The van der Waals surface area contributed by atoms with Crippen LogP contribution in [0.3, 0.4) is 0 Å². The summed E-state index contributed by atoms with van der Waals surface area (Å²) >= 11 is 0. The van der Waals surface area contributed by atoms with E-state index in [9.17, 15) is 76.4 Å². The molecule has 0 unspecified atom stereocenters. The Morgan fingerprint density at radius 2 is 1.18 bits per heavy atom. The second kappa shape index (κ2) is 6.81. The number of nitro groups is 1. The van der Waals surface area contributed by atoms with E-state index in [0.29, 0.717) is 0 Å². The number of nitrogens with zero attached hydrogens (tertiary/aromatic N) is 1. The molecule has 186 valence electrons. The summed E-state index contributed by atoms with van der Waals surface area (Å²) in [6.45, 7) is 0. The van der Waals surface area contributed by atoms with Gasteiger partial charge in [0.05, 0.1) is 16.2 Å². The number of hydrogen-bond acceptors (Lipinski definition) is 3. The number of halogens is 14. The van der Waals surface area contributed by atoms with Crippen molar-refractivity contribution in [2.75, 3.05) is 5.32 Å². The van der Waals surface area contributed by atoms with Crippen molar-refractivity contribution < 1.29 is 71.2 Å². The van der Waals surface area contributed by atoms with Gasteiger partial charge < -0.3 is 5.32 Å². The Balaban J connectivity index is 2.74. The van der Waals surface area contributed by atoms with E-state index in [2.05, 4.69) is 0 Å². The van der Waals surface area contributed by atoms with Gasteiger partial charge in [-0.1, -0.05) is 0 Å². The molecule has 0 saturated heterocycles. The Kier molecular flexibility index (Phi) is 5.44. The van der Waals surface area contributed by atoms with Gasteiger partial charge >= 0.3 is 41.5 Å². The molecule has 1 aliphatic carbocycles. The maximum atomic E-state index is 14.6. The van der Waals surface area contributed by atoms with Crippen molar-refractivity contribution in [3.63, 3.8) is 0 Å². The molecule has 1 aliphatic rings. The van der Waals surface area contributed by atoms with Crippen molar-refractivity contribution in [2.24, 2.45) is 0 Å². The zero-order valence-corrected chi connectivity index (χ0v) is 14.7. The zero-order chi connectivity index (χ0) is 26.2. The van der Waals surface area contributed by atoms with E-state index in [1.54, 1.807) is 0 Å². The molecule has 0 bridgehead atoms. The van der Waals surface area contributed by atoms with E-state index >= 15 is 0 Å². The van der Waals surface area contributed by atoms with Crippen molar-refractivity contribution in [3.8, 4) is 0 Å². The molecule has 1 fully saturated rings. The molecule has 0 aliphatic heterocycles. The minimum atomic E-state index is -7.65. The molecule has 1 amide bonds. The average molecular weight is 514 g/mol. The van der Waals surface area contributed by atoms with Gasteiger partial charge in [0.1, 0.15) is 0 Å². The van der Waals surface area contributed by atoms with Crippen LogP contribution in [0.5, 0.6) is 0 Å². The lowest BCUT2D eigenvalue weighted by Gasteiger charge is -2.51. The van der Waals surface area contributed by atoms with Gasteiger partial charge in [-0.3, -0.25) is 14.9 Å². The van der Waals surface area contributed by atoms with Crippen LogP contribution in [0.4, 0.5) is 72.8 Å². The van der Waals surface area contributed by atoms with Crippen LogP contribution in [0.1, 0.15) is 5.56 Å². The summed E-state index contributed by atoms with van der Waals surface area (Å²) in [6, 6.07) is -0.606. The number of alkyl halides is 14. The highest BCUT2D eigenvalue weighted by Gasteiger charge is 3.02. The Labute approximate surface area is 170 Å². The number of benzene rings is 1. The Bertz CT molecular complexity index is 973. The summed E-state index contributed by atoms with van der Waals surface area (Å²) in [5, 5.41) is 10.8. The Morgan fingerprint density at radius 3 is 1.55 bits per heavy atom. The molecular weight excluding hydrogens is 510 g/mol. The number of rotatable bonds is 3. The van der Waals surface area contributed by atoms with Gasteiger partial charge in [0.2, 0.25) is 0 Å². The zero-order valence-electron chi connectivity index (χ0n) is 14.7. The van der Waals surface area contributed by atoms with Gasteiger partial charge in [0, 0.05) is 12.1 Å². The number of carbonyl (C=O) groups is 1. The fourth-order valence-corrected chi connectivity index (χ4v) is 2.70. The summed E-state index contributed by atoms with van der Waals surface area (Å²) in [5.74, 6) is -42.2. The molecule has 1 N–H and O–H groups in total. The number of non-ortho nitro benzene ring substituents is 1. The first-order valence-electron chi connectivity index (χ1n) is 7.68. The van der Waals surface area contributed by atoms with Gasteiger partial charge in [-0.2, -0.15) is 57.1 Å². The van der Waals surface area contributed by atoms with Crippen LogP contribution >= 0.6 is 0 Å². The highest BCUT2D eigenvalue weighted by molar-refractivity contribution is 6.00. The van der Waals surface area contributed by atoms with Crippen LogP contribution in [-0.4, -0.2) is 46.1 Å². The second-order valence-corrected chi connectivity index (χ2v) is 6.47. The normalized spacial score (nSPS) is 24.1. The summed E-state index contributed by atoms with van der Waals surface area (Å²) in [4.78, 5) is 20.8. The van der Waals surface area contributed by atoms with Crippen LogP contribution in [0.25, 0.3) is 0 Å². The fraction of sp³-hybridized carbons (Fsp3) is 0.500. The quantitative estimate of drug-likeness (QED) is 0.332. The van der Waals surface area contributed by atoms with Crippen LogP contribution in [-0.2, 0) is 11.0 Å². The number of anilines is 1. The molecule has 19 heteroatoms. The van der Waals surface area contributed by atoms with Crippen LogP contribution < -0.4 is 5.32 Å². The lowest BCUT2D eigenvalue weighted by molar-refractivity contribution is -0.475. The fourth-order valence-electron chi connectivity index (χ4n) is 2.70. The van der Waals surface area contributed by atoms with Crippen molar-refractivity contribution in [3.05, 3.63) is 33.9 Å². The Hall–Kier alpha value is -2.89. The van der Waals surface area contributed by atoms with Gasteiger partial charge in [-0.05, 0) is 6.07 Å². The number of nitro benzene ring substituents is 1. The van der Waals surface area contributed by atoms with Gasteiger partial charge in [0.15, 0.2) is 0 Å². The van der Waals surface area contributed by atoms with E-state index < -0.39 is 75.3 Å². The molecule has 0 heterocycles. The third-order valence-electron chi connectivity index (χ3n) is 4.52. The average Bonchev–Trinajstić information content (AvgIpc) is 2.64. The maximum absolute atomic E-state index is 14.6. The Morgan fingerprint density at radius 1 is 0.788 bits per heavy atom. The molecule has 0 radical (unpaired) electrons. The van der Waals surface area contributed by atoms with Gasteiger partial charge in [-0.15, -0.1) is 0 Å². The summed E-state index contributed by atoms with van der Waals surface area (Å²) in [7, 11) is 0. The van der Waals surface area contributed by atoms with Crippen LogP contribution in [0.2, 0.25) is 0 Å². The second-order valence-electron chi connectivity index (χ2n) is 6.47. The number of nitrogens with one attached hydrogen (secondary N) is 1. The molecule has 2 rings (SSSR count). The third-order valence-corrected chi connectivity index (χ3v) is 4.52. The standard InChI is InChI=1S/C14H4F14N2O3/c15-8(10(19,20)12(23,24)14(27,28)13(25,26)11(8,21)22)7(31)29-6-2-1-4(30(32)33)3-5(6)9(16,17)18/h1-3H,(H,29,31). The third kappa shape index (κ3) is 3.02. The van der Waals surface area contributed by atoms with E-state index in [4.69, 9.17) is 0 Å². The SMILES string of the molecule is O=C(Nc1ccc([N+](=O)[O-])cc1C(F)(F)F)C1(F)C(F)(F)C(F)(F)C(F)(F)C(F)(F)C1(F)F. The summed E-state index contributed by atoms with van der Waals surface area (Å²) in [5.41, 5.74) is -13.1.